The summed E-state index contributed by atoms with van der Waals surface area (Å²) >= 11 is 0. The van der Waals surface area contributed by atoms with E-state index in [0.717, 1.165) is 4.31 Å². The predicted molar refractivity (Wildman–Crippen MR) is 155 cm³/mol. The number of para-hydroxylation sites is 2. The number of rotatable bonds is 10. The van der Waals surface area contributed by atoms with Gasteiger partial charge in [-0.2, -0.15) is 0 Å². The van der Waals surface area contributed by atoms with Crippen molar-refractivity contribution < 1.29 is 27.2 Å². The molecule has 0 atom stereocenters. The maximum atomic E-state index is 12.7. The summed E-state index contributed by atoms with van der Waals surface area (Å²) < 4.78 is 42.2. The van der Waals surface area contributed by atoms with Crippen LogP contribution in [-0.4, -0.2) is 43.7 Å². The number of nitrogens with zero attached hydrogens (tertiary/aromatic N) is 4. The average Bonchev–Trinajstić information content (AvgIpc) is 3.36. The third-order valence-electron chi connectivity index (χ3n) is 6.11. The van der Waals surface area contributed by atoms with E-state index in [9.17, 15) is 13.2 Å². The molecule has 0 spiro atoms. The van der Waals surface area contributed by atoms with Gasteiger partial charge in [-0.1, -0.05) is 23.4 Å². The van der Waals surface area contributed by atoms with Crippen molar-refractivity contribution >= 4 is 56.5 Å². The first-order valence-electron chi connectivity index (χ1n) is 12.4. The molecule has 5 aromatic rings. The van der Waals surface area contributed by atoms with Crippen molar-refractivity contribution in [2.24, 2.45) is 0 Å². The standard InChI is InChI=1S/C28H26N6O6S/c1-17-18(16-40-33-17)11-26(35)29-19-7-6-8-21(12-19)34(41(36)37)28-27(31-24-9-4-5-10-25(24)32-28)30-20-13-22(38-2)15-23(14-20)39-3/h4-10,12-16,41H,11H2,1-3H3,(H,29,35)(H,30,31). The summed E-state index contributed by atoms with van der Waals surface area (Å²) in [4.78, 5) is 22.0. The molecule has 3 aromatic carbocycles. The number of nitrogens with one attached hydrogen (secondary N) is 2. The van der Waals surface area contributed by atoms with Gasteiger partial charge in [-0.05, 0) is 37.3 Å². The Bertz CT molecular complexity index is 1770. The van der Waals surface area contributed by atoms with Crippen LogP contribution in [0.2, 0.25) is 0 Å². The fourth-order valence-corrected chi connectivity index (χ4v) is 4.72. The molecule has 210 valence electrons. The highest BCUT2D eigenvalue weighted by molar-refractivity contribution is 7.74. The molecule has 1 amide bonds. The van der Waals surface area contributed by atoms with Gasteiger partial charge in [0.05, 0.1) is 43.1 Å². The minimum atomic E-state index is -3.24. The molecule has 0 aliphatic rings. The summed E-state index contributed by atoms with van der Waals surface area (Å²) in [6.07, 6.45) is 1.47. The molecule has 13 heteroatoms. The van der Waals surface area contributed by atoms with Gasteiger partial charge in [0.2, 0.25) is 16.8 Å². The second-order valence-electron chi connectivity index (χ2n) is 8.86. The van der Waals surface area contributed by atoms with Gasteiger partial charge in [0.25, 0.3) is 0 Å². The van der Waals surface area contributed by atoms with Crippen LogP contribution >= 0.6 is 0 Å². The molecule has 0 radical (unpaired) electrons. The van der Waals surface area contributed by atoms with E-state index in [1.54, 1.807) is 67.6 Å². The highest BCUT2D eigenvalue weighted by atomic mass is 32.2. The summed E-state index contributed by atoms with van der Waals surface area (Å²) in [6, 6.07) is 18.7. The lowest BCUT2D eigenvalue weighted by molar-refractivity contribution is -0.115. The zero-order chi connectivity index (χ0) is 28.9. The number of carbonyl (C=O) groups excluding carboxylic acids is 1. The molecule has 0 unspecified atom stereocenters. The van der Waals surface area contributed by atoms with Crippen molar-refractivity contribution in [1.29, 1.82) is 0 Å². The van der Waals surface area contributed by atoms with Crippen molar-refractivity contribution in [3.8, 4) is 11.5 Å². The van der Waals surface area contributed by atoms with Crippen LogP contribution in [-0.2, 0) is 22.1 Å². The normalized spacial score (nSPS) is 10.9. The second kappa shape index (κ2) is 11.9. The highest BCUT2D eigenvalue weighted by Crippen LogP contribution is 2.35. The monoisotopic (exact) mass is 574 g/mol. The van der Waals surface area contributed by atoms with Crippen molar-refractivity contribution in [2.75, 3.05) is 29.2 Å². The van der Waals surface area contributed by atoms with Gasteiger partial charge >= 0.3 is 0 Å². The van der Waals surface area contributed by atoms with Crippen LogP contribution in [0, 0.1) is 6.92 Å². The number of thiol groups is 1. The Labute approximate surface area is 237 Å². The molecule has 41 heavy (non-hydrogen) atoms. The molecule has 12 nitrogen and oxygen atoms in total. The molecule has 2 heterocycles. The van der Waals surface area contributed by atoms with E-state index in [4.69, 9.17) is 14.0 Å². The summed E-state index contributed by atoms with van der Waals surface area (Å²) in [5, 5.41) is 9.74. The predicted octanol–water partition coefficient (Wildman–Crippen LogP) is 4.53. The molecule has 2 N–H and O–H groups in total. The van der Waals surface area contributed by atoms with Gasteiger partial charge in [-0.15, -0.1) is 0 Å². The molecular weight excluding hydrogens is 548 g/mol. The summed E-state index contributed by atoms with van der Waals surface area (Å²) in [5.74, 6) is 0.949. The van der Waals surface area contributed by atoms with E-state index >= 15 is 0 Å². The van der Waals surface area contributed by atoms with E-state index in [2.05, 4.69) is 25.8 Å². The minimum absolute atomic E-state index is 0.0326. The van der Waals surface area contributed by atoms with E-state index in [1.165, 1.54) is 20.5 Å². The Morgan fingerprint density at radius 3 is 2.27 bits per heavy atom. The molecule has 0 aliphatic carbocycles. The lowest BCUT2D eigenvalue weighted by Crippen LogP contribution is -2.19. The van der Waals surface area contributed by atoms with Crippen LogP contribution in [0.5, 0.6) is 11.5 Å². The van der Waals surface area contributed by atoms with Crippen molar-refractivity contribution in [2.45, 2.75) is 13.3 Å². The third kappa shape index (κ3) is 6.20. The Morgan fingerprint density at radius 2 is 1.63 bits per heavy atom. The maximum absolute atomic E-state index is 12.7. The molecule has 0 saturated carbocycles. The van der Waals surface area contributed by atoms with Crippen molar-refractivity contribution in [1.82, 2.24) is 15.1 Å². The minimum Gasteiger partial charge on any atom is -0.497 e. The van der Waals surface area contributed by atoms with Crippen LogP contribution in [0.3, 0.4) is 0 Å². The summed E-state index contributed by atoms with van der Waals surface area (Å²) in [7, 11) is -0.183. The van der Waals surface area contributed by atoms with Gasteiger partial charge in [0.15, 0.2) is 11.6 Å². The van der Waals surface area contributed by atoms with Crippen molar-refractivity contribution in [3.05, 3.63) is 84.3 Å². The van der Waals surface area contributed by atoms with E-state index < -0.39 is 10.9 Å². The van der Waals surface area contributed by atoms with E-state index in [0.29, 0.717) is 45.2 Å². The van der Waals surface area contributed by atoms with Crippen LogP contribution in [0.15, 0.2) is 77.5 Å². The van der Waals surface area contributed by atoms with Gasteiger partial charge in [-0.3, -0.25) is 4.79 Å². The van der Waals surface area contributed by atoms with E-state index in [1.807, 2.05) is 6.07 Å². The lowest BCUT2D eigenvalue weighted by Gasteiger charge is -2.21. The number of methoxy groups -OCH3 is 2. The van der Waals surface area contributed by atoms with Crippen LogP contribution < -0.4 is 24.4 Å². The molecule has 2 aromatic heterocycles. The third-order valence-corrected chi connectivity index (χ3v) is 6.85. The summed E-state index contributed by atoms with van der Waals surface area (Å²) in [6.45, 7) is 1.74. The molecule has 0 bridgehead atoms. The number of aryl methyl sites for hydroxylation is 1. The zero-order valence-electron chi connectivity index (χ0n) is 22.3. The number of ether oxygens (including phenoxy) is 2. The Morgan fingerprint density at radius 1 is 0.927 bits per heavy atom. The molecule has 0 fully saturated rings. The van der Waals surface area contributed by atoms with Gasteiger partial charge in [-0.25, -0.2) is 22.7 Å². The largest absolute Gasteiger partial charge is 0.497 e. The first kappa shape index (κ1) is 27.4. The molecule has 5 rings (SSSR count). The number of hydrogen-bond donors (Lipinski definition) is 3. The number of fused-ring (bicyclic) bond motifs is 1. The van der Waals surface area contributed by atoms with E-state index in [-0.39, 0.29) is 29.7 Å². The van der Waals surface area contributed by atoms with Crippen LogP contribution in [0.4, 0.5) is 28.7 Å². The Balaban J connectivity index is 1.54. The Hall–Kier alpha value is -5.17. The van der Waals surface area contributed by atoms with Gasteiger partial charge in [0.1, 0.15) is 17.8 Å². The molecule has 0 saturated heterocycles. The number of hydrogen-bond acceptors (Lipinski definition) is 10. The first-order chi connectivity index (χ1) is 19.8. The quantitative estimate of drug-likeness (QED) is 0.203. The van der Waals surface area contributed by atoms with Crippen LogP contribution in [0.25, 0.3) is 11.0 Å². The molecule has 0 aliphatic heterocycles. The Kier molecular flexibility index (Phi) is 7.97. The number of anilines is 5. The fourth-order valence-electron chi connectivity index (χ4n) is 4.11. The maximum Gasteiger partial charge on any atom is 0.230 e. The number of amides is 1. The highest BCUT2D eigenvalue weighted by Gasteiger charge is 2.22. The zero-order valence-corrected chi connectivity index (χ0v) is 23.2. The topological polar surface area (TPSA) is 149 Å². The number of aromatic nitrogens is 3. The van der Waals surface area contributed by atoms with Gasteiger partial charge in [0, 0.05) is 35.1 Å². The summed E-state index contributed by atoms with van der Waals surface area (Å²) in [5.41, 5.74) is 3.50. The van der Waals surface area contributed by atoms with Crippen molar-refractivity contribution in [3.63, 3.8) is 0 Å². The lowest BCUT2D eigenvalue weighted by atomic mass is 10.2. The number of carbonyl (C=O) groups is 1. The van der Waals surface area contributed by atoms with Crippen LogP contribution in [0.1, 0.15) is 11.3 Å². The molecular formula is C28H26N6O6S. The smallest absolute Gasteiger partial charge is 0.230 e. The second-order valence-corrected chi connectivity index (χ2v) is 9.74. The van der Waals surface area contributed by atoms with Gasteiger partial charge < -0.3 is 24.6 Å². The fraction of sp³-hybridized carbons (Fsp3) is 0.143. The number of benzene rings is 3. The average molecular weight is 575 g/mol. The SMILES string of the molecule is COc1cc(Nc2nc3ccccc3nc2N(c2cccc(NC(=O)Cc3conc3C)c2)[SH](=O)=O)cc(OC)c1. The first-order valence-corrected chi connectivity index (χ1v) is 13.5.